The number of piperidine rings is 1. The minimum Gasteiger partial charge on any atom is -0.356 e. The van der Waals surface area contributed by atoms with Gasteiger partial charge in [0.15, 0.2) is 0 Å². The van der Waals surface area contributed by atoms with Gasteiger partial charge in [0, 0.05) is 32.2 Å². The Bertz CT molecular complexity index is 552. The predicted molar refractivity (Wildman–Crippen MR) is 91.8 cm³/mol. The van der Waals surface area contributed by atoms with E-state index in [1.807, 2.05) is 17.9 Å². The first-order chi connectivity index (χ1) is 11.1. The molecule has 2 aliphatic heterocycles. The molecule has 0 saturated carbocycles. The van der Waals surface area contributed by atoms with Gasteiger partial charge in [-0.05, 0) is 38.5 Å². The highest BCUT2D eigenvalue weighted by atomic mass is 16.2. The maximum absolute atomic E-state index is 12.8. The van der Waals surface area contributed by atoms with Crippen LogP contribution in [0.25, 0.3) is 0 Å². The lowest BCUT2D eigenvalue weighted by Crippen LogP contribution is -2.39. The molecule has 2 aliphatic rings. The maximum atomic E-state index is 12.8. The Morgan fingerprint density at radius 3 is 2.52 bits per heavy atom. The van der Waals surface area contributed by atoms with Crippen molar-refractivity contribution in [3.8, 4) is 0 Å². The second kappa shape index (κ2) is 7.28. The first-order valence-electron chi connectivity index (χ1n) is 9.03. The zero-order valence-electron chi connectivity index (χ0n) is 14.4. The largest absolute Gasteiger partial charge is 0.356 e. The van der Waals surface area contributed by atoms with Crippen LogP contribution in [0.1, 0.15) is 61.8 Å². The molecule has 2 fully saturated rings. The molecule has 0 N–H and O–H groups in total. The summed E-state index contributed by atoms with van der Waals surface area (Å²) in [6.07, 6.45) is 7.30. The first-order valence-corrected chi connectivity index (χ1v) is 9.03. The van der Waals surface area contributed by atoms with Gasteiger partial charge in [0.25, 0.3) is 5.91 Å². The molecule has 0 aliphatic carbocycles. The molecule has 1 amide bonds. The molecule has 5 heteroatoms. The highest BCUT2D eigenvalue weighted by molar-refractivity contribution is 5.93. The molecule has 5 nitrogen and oxygen atoms in total. The van der Waals surface area contributed by atoms with E-state index in [4.69, 9.17) is 0 Å². The van der Waals surface area contributed by atoms with Gasteiger partial charge in [0.05, 0.1) is 0 Å². The van der Waals surface area contributed by atoms with Gasteiger partial charge in [-0.2, -0.15) is 0 Å². The van der Waals surface area contributed by atoms with E-state index in [-0.39, 0.29) is 5.91 Å². The van der Waals surface area contributed by atoms with Crippen molar-refractivity contribution >= 4 is 11.7 Å². The van der Waals surface area contributed by atoms with Crippen LogP contribution in [0.5, 0.6) is 0 Å². The summed E-state index contributed by atoms with van der Waals surface area (Å²) in [6, 6.07) is 1.90. The molecule has 0 spiro atoms. The topological polar surface area (TPSA) is 49.3 Å². The van der Waals surface area contributed by atoms with E-state index in [1.54, 1.807) is 0 Å². The Hall–Kier alpha value is -1.65. The van der Waals surface area contributed by atoms with Crippen molar-refractivity contribution < 1.29 is 4.79 Å². The number of carbonyl (C=O) groups is 1. The number of anilines is 1. The molecule has 2 saturated heterocycles. The summed E-state index contributed by atoms with van der Waals surface area (Å²) in [4.78, 5) is 26.1. The Balaban J connectivity index is 1.80. The number of amides is 1. The monoisotopic (exact) mass is 316 g/mol. The molecule has 1 atom stereocenters. The zero-order chi connectivity index (χ0) is 16.2. The smallest absolute Gasteiger partial charge is 0.272 e. The maximum Gasteiger partial charge on any atom is 0.272 e. The third-order valence-electron chi connectivity index (χ3n) is 4.92. The predicted octanol–water partition coefficient (Wildman–Crippen LogP) is 3.04. The molecule has 1 aromatic heterocycles. The van der Waals surface area contributed by atoms with Crippen LogP contribution >= 0.6 is 0 Å². The average Bonchev–Trinajstić information content (AvgIpc) is 2.83. The molecule has 1 unspecified atom stereocenters. The minimum atomic E-state index is 0.0677. The van der Waals surface area contributed by atoms with Crippen molar-refractivity contribution in [1.29, 1.82) is 0 Å². The van der Waals surface area contributed by atoms with Gasteiger partial charge in [-0.15, -0.1) is 0 Å². The lowest BCUT2D eigenvalue weighted by molar-refractivity contribution is 0.0676. The number of aromatic nitrogens is 2. The Morgan fingerprint density at radius 1 is 1.09 bits per heavy atom. The molecular formula is C18H28N4O. The normalized spacial score (nSPS) is 22.8. The van der Waals surface area contributed by atoms with Crippen LogP contribution in [-0.4, -0.2) is 47.0 Å². The summed E-state index contributed by atoms with van der Waals surface area (Å²) in [5.41, 5.74) is 0.561. The number of carbonyl (C=O) groups excluding carboxylic acids is 1. The van der Waals surface area contributed by atoms with Gasteiger partial charge in [-0.25, -0.2) is 9.97 Å². The third-order valence-corrected chi connectivity index (χ3v) is 4.92. The van der Waals surface area contributed by atoms with Gasteiger partial charge < -0.3 is 9.80 Å². The van der Waals surface area contributed by atoms with Crippen LogP contribution in [0.15, 0.2) is 6.07 Å². The van der Waals surface area contributed by atoms with E-state index in [1.165, 1.54) is 32.1 Å². The highest BCUT2D eigenvalue weighted by Crippen LogP contribution is 2.21. The molecule has 0 aromatic carbocycles. The number of nitrogens with zero attached hydrogens (tertiary/aromatic N) is 4. The summed E-state index contributed by atoms with van der Waals surface area (Å²) >= 11 is 0. The van der Waals surface area contributed by atoms with E-state index in [0.717, 1.165) is 38.4 Å². The average molecular weight is 316 g/mol. The van der Waals surface area contributed by atoms with Crippen LogP contribution in [0.4, 0.5) is 5.82 Å². The Morgan fingerprint density at radius 2 is 1.83 bits per heavy atom. The van der Waals surface area contributed by atoms with Gasteiger partial charge in [-0.3, -0.25) is 4.79 Å². The van der Waals surface area contributed by atoms with E-state index >= 15 is 0 Å². The summed E-state index contributed by atoms with van der Waals surface area (Å²) in [6.45, 7) is 7.87. The summed E-state index contributed by atoms with van der Waals surface area (Å²) in [5.74, 6) is 2.27. The van der Waals surface area contributed by atoms with Crippen LogP contribution in [-0.2, 0) is 0 Å². The third kappa shape index (κ3) is 4.01. The first kappa shape index (κ1) is 16.2. The van der Waals surface area contributed by atoms with Gasteiger partial charge >= 0.3 is 0 Å². The van der Waals surface area contributed by atoms with Crippen LogP contribution in [0, 0.1) is 12.8 Å². The number of hydrogen-bond donors (Lipinski definition) is 0. The van der Waals surface area contributed by atoms with Crippen molar-refractivity contribution in [3.05, 3.63) is 17.6 Å². The molecule has 0 bridgehead atoms. The Kier molecular flexibility index (Phi) is 5.13. The number of hydrogen-bond acceptors (Lipinski definition) is 4. The molecule has 126 valence electrons. The highest BCUT2D eigenvalue weighted by Gasteiger charge is 2.24. The van der Waals surface area contributed by atoms with Crippen LogP contribution in [0.3, 0.4) is 0 Å². The molecule has 3 heterocycles. The van der Waals surface area contributed by atoms with Crippen molar-refractivity contribution in [1.82, 2.24) is 14.9 Å². The lowest BCUT2D eigenvalue weighted by Gasteiger charge is -2.31. The van der Waals surface area contributed by atoms with Crippen molar-refractivity contribution in [3.63, 3.8) is 0 Å². The van der Waals surface area contributed by atoms with Gasteiger partial charge in [-0.1, -0.05) is 19.8 Å². The molecule has 23 heavy (non-hydrogen) atoms. The number of rotatable bonds is 2. The number of likely N-dealkylation sites (tertiary alicyclic amines) is 1. The molecule has 3 rings (SSSR count). The second-order valence-corrected chi connectivity index (χ2v) is 7.06. The second-order valence-electron chi connectivity index (χ2n) is 7.06. The van der Waals surface area contributed by atoms with E-state index in [9.17, 15) is 4.79 Å². The summed E-state index contributed by atoms with van der Waals surface area (Å²) < 4.78 is 0. The standard InChI is InChI=1S/C18H28N4O/c1-14-8-7-11-22(13-14)18(23)16-12-17(20-15(2)19-16)21-9-5-3-4-6-10-21/h12,14H,3-11,13H2,1-2H3. The quantitative estimate of drug-likeness (QED) is 0.841. The van der Waals surface area contributed by atoms with Gasteiger partial charge in [0.1, 0.15) is 17.3 Å². The van der Waals surface area contributed by atoms with Crippen molar-refractivity contribution in [2.75, 3.05) is 31.1 Å². The van der Waals surface area contributed by atoms with E-state index in [0.29, 0.717) is 17.4 Å². The zero-order valence-corrected chi connectivity index (χ0v) is 14.4. The fraction of sp³-hybridized carbons (Fsp3) is 0.722. The van der Waals surface area contributed by atoms with Crippen molar-refractivity contribution in [2.45, 2.75) is 52.4 Å². The molecule has 1 aromatic rings. The Labute approximate surface area is 139 Å². The fourth-order valence-electron chi connectivity index (χ4n) is 3.66. The van der Waals surface area contributed by atoms with Crippen molar-refractivity contribution in [2.24, 2.45) is 5.92 Å². The minimum absolute atomic E-state index is 0.0677. The number of aryl methyl sites for hydroxylation is 1. The fourth-order valence-corrected chi connectivity index (χ4v) is 3.66. The SMILES string of the molecule is Cc1nc(C(=O)N2CCCC(C)C2)cc(N2CCCCCC2)n1. The van der Waals surface area contributed by atoms with E-state index in [2.05, 4.69) is 21.8 Å². The molecular weight excluding hydrogens is 288 g/mol. The van der Waals surface area contributed by atoms with Crippen LogP contribution < -0.4 is 4.90 Å². The summed E-state index contributed by atoms with van der Waals surface area (Å²) in [7, 11) is 0. The summed E-state index contributed by atoms with van der Waals surface area (Å²) in [5, 5.41) is 0. The van der Waals surface area contributed by atoms with Crippen LogP contribution in [0.2, 0.25) is 0 Å². The van der Waals surface area contributed by atoms with E-state index < -0.39 is 0 Å². The molecule has 0 radical (unpaired) electrons. The van der Waals surface area contributed by atoms with Gasteiger partial charge in [0.2, 0.25) is 0 Å². The lowest BCUT2D eigenvalue weighted by atomic mass is 10.00.